The molecule has 19 heavy (non-hydrogen) atoms. The second kappa shape index (κ2) is 5.74. The van der Waals surface area contributed by atoms with Crippen molar-refractivity contribution in [3.05, 3.63) is 22.2 Å². The predicted molar refractivity (Wildman–Crippen MR) is 79.4 cm³/mol. The van der Waals surface area contributed by atoms with Crippen LogP contribution in [-0.2, 0) is 16.0 Å². The zero-order valence-corrected chi connectivity index (χ0v) is 12.7. The molecule has 1 N–H and O–H groups in total. The first-order valence-corrected chi connectivity index (χ1v) is 7.22. The smallest absolute Gasteiger partial charge is 0.224 e. The van der Waals surface area contributed by atoms with Crippen molar-refractivity contribution in [1.82, 2.24) is 0 Å². The first-order valence-electron chi connectivity index (χ1n) is 6.43. The second-order valence-corrected chi connectivity index (χ2v) is 5.60. The number of carbonyl (C=O) groups is 2. The molecule has 1 aromatic carbocycles. The molecule has 0 aromatic heterocycles. The molecule has 5 heteroatoms. The Bertz CT molecular complexity index is 528. The molecule has 4 nitrogen and oxygen atoms in total. The van der Waals surface area contributed by atoms with E-state index in [1.807, 2.05) is 19.1 Å². The number of hydrogen-bond donors (Lipinski definition) is 1. The van der Waals surface area contributed by atoms with Crippen LogP contribution in [0.15, 0.2) is 16.6 Å². The van der Waals surface area contributed by atoms with Crippen molar-refractivity contribution in [3.63, 3.8) is 0 Å². The lowest BCUT2D eigenvalue weighted by Crippen LogP contribution is -2.27. The quantitative estimate of drug-likeness (QED) is 0.928. The number of fused-ring (bicyclic) bond motifs is 1. The van der Waals surface area contributed by atoms with Gasteiger partial charge in [0.05, 0.1) is 11.4 Å². The molecule has 0 spiro atoms. The van der Waals surface area contributed by atoms with Crippen molar-refractivity contribution in [2.45, 2.75) is 33.1 Å². The van der Waals surface area contributed by atoms with E-state index in [-0.39, 0.29) is 11.8 Å². The fraction of sp³-hybridized carbons (Fsp3) is 0.429. The minimum absolute atomic E-state index is 0.00654. The summed E-state index contributed by atoms with van der Waals surface area (Å²) in [5.74, 6) is -0.00901. The SMILES string of the molecule is CCCC(=O)Nc1cc(Br)cc2c1N(C(C)=O)CC2. The number of benzene rings is 1. The van der Waals surface area contributed by atoms with Crippen LogP contribution in [-0.4, -0.2) is 18.4 Å². The van der Waals surface area contributed by atoms with Crippen molar-refractivity contribution in [2.24, 2.45) is 0 Å². The van der Waals surface area contributed by atoms with E-state index in [1.165, 1.54) is 0 Å². The molecule has 0 atom stereocenters. The van der Waals surface area contributed by atoms with Crippen molar-refractivity contribution < 1.29 is 9.59 Å². The molecule has 102 valence electrons. The Labute approximate surface area is 121 Å². The van der Waals surface area contributed by atoms with Crippen molar-refractivity contribution in [1.29, 1.82) is 0 Å². The van der Waals surface area contributed by atoms with Gasteiger partial charge in [0.25, 0.3) is 0 Å². The van der Waals surface area contributed by atoms with Crippen molar-refractivity contribution in [2.75, 3.05) is 16.8 Å². The molecule has 2 amide bonds. The molecule has 0 aliphatic carbocycles. The number of carbonyl (C=O) groups excluding carboxylic acids is 2. The molecule has 1 aliphatic heterocycles. The van der Waals surface area contributed by atoms with E-state index >= 15 is 0 Å². The number of anilines is 2. The Kier molecular flexibility index (Phi) is 4.24. The highest BCUT2D eigenvalue weighted by Gasteiger charge is 2.26. The highest BCUT2D eigenvalue weighted by molar-refractivity contribution is 9.10. The Morgan fingerprint density at radius 2 is 2.16 bits per heavy atom. The molecule has 0 saturated heterocycles. The largest absolute Gasteiger partial charge is 0.324 e. The van der Waals surface area contributed by atoms with Gasteiger partial charge in [-0.1, -0.05) is 22.9 Å². The highest BCUT2D eigenvalue weighted by Crippen LogP contribution is 2.38. The number of hydrogen-bond acceptors (Lipinski definition) is 2. The summed E-state index contributed by atoms with van der Waals surface area (Å²) in [7, 11) is 0. The number of halogens is 1. The van der Waals surface area contributed by atoms with E-state index in [0.29, 0.717) is 13.0 Å². The van der Waals surface area contributed by atoms with Gasteiger partial charge in [0.2, 0.25) is 11.8 Å². The first-order chi connectivity index (χ1) is 9.02. The van der Waals surface area contributed by atoms with Crippen LogP contribution in [0, 0.1) is 0 Å². The van der Waals surface area contributed by atoms with Gasteiger partial charge in [-0.15, -0.1) is 0 Å². The second-order valence-electron chi connectivity index (χ2n) is 4.68. The van der Waals surface area contributed by atoms with Gasteiger partial charge < -0.3 is 10.2 Å². The summed E-state index contributed by atoms with van der Waals surface area (Å²) in [6.07, 6.45) is 2.12. The molecule has 0 unspecified atom stereocenters. The zero-order chi connectivity index (χ0) is 14.0. The van der Waals surface area contributed by atoms with Crippen molar-refractivity contribution >= 4 is 39.1 Å². The summed E-state index contributed by atoms with van der Waals surface area (Å²) < 4.78 is 0.920. The minimum Gasteiger partial charge on any atom is -0.324 e. The van der Waals surface area contributed by atoms with E-state index in [2.05, 4.69) is 21.2 Å². The van der Waals surface area contributed by atoms with Crippen LogP contribution in [0.4, 0.5) is 11.4 Å². The number of amides is 2. The fourth-order valence-electron chi connectivity index (χ4n) is 2.36. The van der Waals surface area contributed by atoms with Gasteiger partial charge in [-0.2, -0.15) is 0 Å². The molecule has 0 bridgehead atoms. The summed E-state index contributed by atoms with van der Waals surface area (Å²) in [5.41, 5.74) is 2.66. The van der Waals surface area contributed by atoms with Gasteiger partial charge in [0.1, 0.15) is 0 Å². The van der Waals surface area contributed by atoms with Crippen LogP contribution in [0.25, 0.3) is 0 Å². The van der Waals surface area contributed by atoms with E-state index in [4.69, 9.17) is 0 Å². The van der Waals surface area contributed by atoms with Gasteiger partial charge in [0, 0.05) is 24.4 Å². The van der Waals surface area contributed by atoms with Crippen LogP contribution in [0.1, 0.15) is 32.3 Å². The van der Waals surface area contributed by atoms with E-state index in [1.54, 1.807) is 11.8 Å². The summed E-state index contributed by atoms with van der Waals surface area (Å²) in [6, 6.07) is 3.86. The van der Waals surface area contributed by atoms with Crippen LogP contribution >= 0.6 is 15.9 Å². The molecular formula is C14H17BrN2O2. The highest BCUT2D eigenvalue weighted by atomic mass is 79.9. The standard InChI is InChI=1S/C14H17BrN2O2/c1-3-4-13(19)16-12-8-11(15)7-10-5-6-17(9(2)18)14(10)12/h7-8H,3-6H2,1-2H3,(H,16,19). The molecule has 0 radical (unpaired) electrons. The Hall–Kier alpha value is -1.36. The number of rotatable bonds is 3. The maximum atomic E-state index is 11.8. The monoisotopic (exact) mass is 324 g/mol. The Morgan fingerprint density at radius 1 is 1.42 bits per heavy atom. The lowest BCUT2D eigenvalue weighted by molar-refractivity contribution is -0.117. The summed E-state index contributed by atoms with van der Waals surface area (Å²) in [6.45, 7) is 4.19. The van der Waals surface area contributed by atoms with E-state index < -0.39 is 0 Å². The third kappa shape index (κ3) is 2.97. The average molecular weight is 325 g/mol. The molecule has 1 aromatic rings. The normalized spacial score (nSPS) is 13.3. The van der Waals surface area contributed by atoms with Gasteiger partial charge in [-0.05, 0) is 30.5 Å². The Morgan fingerprint density at radius 3 is 2.79 bits per heavy atom. The minimum atomic E-state index is -0.0156. The molecule has 1 heterocycles. The first kappa shape index (κ1) is 14.1. The van der Waals surface area contributed by atoms with Crippen LogP contribution in [0.3, 0.4) is 0 Å². The van der Waals surface area contributed by atoms with E-state index in [9.17, 15) is 9.59 Å². The third-order valence-electron chi connectivity index (χ3n) is 3.16. The average Bonchev–Trinajstić information content (AvgIpc) is 2.72. The molecular weight excluding hydrogens is 308 g/mol. The summed E-state index contributed by atoms with van der Waals surface area (Å²) >= 11 is 3.45. The summed E-state index contributed by atoms with van der Waals surface area (Å²) in [5, 5.41) is 2.91. The predicted octanol–water partition coefficient (Wildman–Crippen LogP) is 3.10. The van der Waals surface area contributed by atoms with Crippen LogP contribution in [0.5, 0.6) is 0 Å². The van der Waals surface area contributed by atoms with Gasteiger partial charge in [-0.3, -0.25) is 9.59 Å². The van der Waals surface area contributed by atoms with Crippen LogP contribution in [0.2, 0.25) is 0 Å². The maximum absolute atomic E-state index is 11.8. The van der Waals surface area contributed by atoms with E-state index in [0.717, 1.165) is 34.3 Å². The van der Waals surface area contributed by atoms with Gasteiger partial charge >= 0.3 is 0 Å². The molecule has 2 rings (SSSR count). The number of nitrogens with zero attached hydrogens (tertiary/aromatic N) is 1. The molecule has 0 saturated carbocycles. The zero-order valence-electron chi connectivity index (χ0n) is 11.1. The lowest BCUT2D eigenvalue weighted by atomic mass is 10.1. The third-order valence-corrected chi connectivity index (χ3v) is 3.62. The summed E-state index contributed by atoms with van der Waals surface area (Å²) in [4.78, 5) is 25.2. The Balaban J connectivity index is 2.38. The van der Waals surface area contributed by atoms with Gasteiger partial charge in [-0.25, -0.2) is 0 Å². The molecule has 1 aliphatic rings. The maximum Gasteiger partial charge on any atom is 0.224 e. The lowest BCUT2D eigenvalue weighted by Gasteiger charge is -2.19. The van der Waals surface area contributed by atoms with Gasteiger partial charge in [0.15, 0.2) is 0 Å². The van der Waals surface area contributed by atoms with Crippen molar-refractivity contribution in [3.8, 4) is 0 Å². The fourth-order valence-corrected chi connectivity index (χ4v) is 2.86. The molecule has 0 fully saturated rings. The van der Waals surface area contributed by atoms with Crippen LogP contribution < -0.4 is 10.2 Å². The topological polar surface area (TPSA) is 49.4 Å². The number of nitrogens with one attached hydrogen (secondary N) is 1.